The number of carbonyl (C=O) groups is 1. The highest BCUT2D eigenvalue weighted by atomic mass is 35.5. The minimum atomic E-state index is -2.66. The molecule has 0 saturated carbocycles. The van der Waals surface area contributed by atoms with Crippen molar-refractivity contribution < 1.29 is 18.3 Å². The molecule has 0 aliphatic rings. The molecule has 0 radical (unpaired) electrons. The van der Waals surface area contributed by atoms with Crippen LogP contribution in [0.15, 0.2) is 30.6 Å². The first-order valence-corrected chi connectivity index (χ1v) is 7.37. The number of carbonyl (C=O) groups excluding carboxylic acids is 1. The second-order valence-electron chi connectivity index (χ2n) is 4.49. The molecular formula is C14H13Cl2F2N3O2. The standard InChI is InChI=1S/C14H13Cl2F2N3O2/c15-9-1-2-10(16)11(7-9)23-8-13(22)20-4-3-12-19-5-6-21(12)14(17)18/h1-2,5-7,14H,3-4,8H2,(H,20,22). The van der Waals surface area contributed by atoms with Crippen LogP contribution < -0.4 is 10.1 Å². The fourth-order valence-electron chi connectivity index (χ4n) is 1.81. The Morgan fingerprint density at radius 3 is 2.91 bits per heavy atom. The van der Waals surface area contributed by atoms with Crippen LogP contribution in [0.25, 0.3) is 0 Å². The minimum absolute atomic E-state index is 0.162. The van der Waals surface area contributed by atoms with Crippen molar-refractivity contribution in [3.05, 3.63) is 46.5 Å². The number of imidazole rings is 1. The summed E-state index contributed by atoms with van der Waals surface area (Å²) >= 11 is 11.7. The van der Waals surface area contributed by atoms with E-state index in [9.17, 15) is 13.6 Å². The van der Waals surface area contributed by atoms with Crippen LogP contribution in [-0.4, -0.2) is 28.6 Å². The molecule has 0 atom stereocenters. The van der Waals surface area contributed by atoms with Gasteiger partial charge in [0, 0.05) is 36.4 Å². The molecule has 1 aromatic heterocycles. The predicted octanol–water partition coefficient (Wildman–Crippen LogP) is 3.32. The third kappa shape index (κ3) is 5.07. The number of halogens is 4. The Morgan fingerprint density at radius 1 is 1.39 bits per heavy atom. The average Bonchev–Trinajstić information content (AvgIpc) is 2.97. The Bertz CT molecular complexity index is 680. The smallest absolute Gasteiger partial charge is 0.319 e. The van der Waals surface area contributed by atoms with Gasteiger partial charge in [-0.15, -0.1) is 0 Å². The average molecular weight is 364 g/mol. The number of rotatable bonds is 7. The summed E-state index contributed by atoms with van der Waals surface area (Å²) in [6.45, 7) is -2.75. The lowest BCUT2D eigenvalue weighted by Crippen LogP contribution is -2.31. The fraction of sp³-hybridized carbons (Fsp3) is 0.286. The van der Waals surface area contributed by atoms with E-state index in [-0.39, 0.29) is 25.4 Å². The largest absolute Gasteiger partial charge is 0.482 e. The summed E-state index contributed by atoms with van der Waals surface area (Å²) < 4.78 is 31.2. The molecule has 0 unspecified atom stereocenters. The van der Waals surface area contributed by atoms with Gasteiger partial charge in [-0.05, 0) is 12.1 Å². The molecule has 1 amide bonds. The van der Waals surface area contributed by atoms with E-state index in [0.717, 1.165) is 4.57 Å². The molecule has 0 spiro atoms. The van der Waals surface area contributed by atoms with Crippen molar-refractivity contribution >= 4 is 29.1 Å². The molecule has 0 aliphatic heterocycles. The predicted molar refractivity (Wildman–Crippen MR) is 82.2 cm³/mol. The van der Waals surface area contributed by atoms with Crippen LogP contribution in [-0.2, 0) is 11.2 Å². The first-order chi connectivity index (χ1) is 11.0. The molecule has 1 aromatic carbocycles. The number of ether oxygens (including phenoxy) is 1. The molecule has 0 bridgehead atoms. The topological polar surface area (TPSA) is 56.1 Å². The van der Waals surface area contributed by atoms with Crippen LogP contribution in [0.3, 0.4) is 0 Å². The Balaban J connectivity index is 1.77. The van der Waals surface area contributed by atoms with Crippen molar-refractivity contribution in [2.24, 2.45) is 0 Å². The van der Waals surface area contributed by atoms with Crippen molar-refractivity contribution in [1.82, 2.24) is 14.9 Å². The van der Waals surface area contributed by atoms with Crippen molar-refractivity contribution in [3.63, 3.8) is 0 Å². The lowest BCUT2D eigenvalue weighted by molar-refractivity contribution is -0.123. The number of benzene rings is 1. The van der Waals surface area contributed by atoms with E-state index in [4.69, 9.17) is 27.9 Å². The van der Waals surface area contributed by atoms with Gasteiger partial charge in [0.1, 0.15) is 11.6 Å². The van der Waals surface area contributed by atoms with Gasteiger partial charge in [0.05, 0.1) is 5.02 Å². The van der Waals surface area contributed by atoms with Crippen LogP contribution in [0, 0.1) is 0 Å². The Morgan fingerprint density at radius 2 is 2.17 bits per heavy atom. The number of aromatic nitrogens is 2. The number of nitrogens with zero attached hydrogens (tertiary/aromatic N) is 2. The summed E-state index contributed by atoms with van der Waals surface area (Å²) in [5.74, 6) is 0.0814. The van der Waals surface area contributed by atoms with E-state index in [1.807, 2.05) is 0 Å². The molecular weight excluding hydrogens is 351 g/mol. The Kier molecular flexibility index (Phi) is 6.18. The normalized spacial score (nSPS) is 10.8. The molecule has 9 heteroatoms. The number of nitrogens with one attached hydrogen (secondary N) is 1. The van der Waals surface area contributed by atoms with E-state index in [1.165, 1.54) is 18.5 Å². The monoisotopic (exact) mass is 363 g/mol. The number of amides is 1. The second kappa shape index (κ2) is 8.12. The summed E-state index contributed by atoms with van der Waals surface area (Å²) in [5.41, 5.74) is 0. The van der Waals surface area contributed by atoms with E-state index >= 15 is 0 Å². The number of alkyl halides is 2. The molecule has 0 fully saturated rings. The maximum absolute atomic E-state index is 12.6. The molecule has 1 heterocycles. The lowest BCUT2D eigenvalue weighted by Gasteiger charge is -2.10. The third-order valence-corrected chi connectivity index (χ3v) is 3.43. The molecule has 0 aliphatic carbocycles. The molecule has 1 N–H and O–H groups in total. The molecule has 124 valence electrons. The summed E-state index contributed by atoms with van der Waals surface area (Å²) in [6, 6.07) is 4.65. The Labute approximate surface area is 141 Å². The maximum atomic E-state index is 12.6. The first-order valence-electron chi connectivity index (χ1n) is 6.62. The van der Waals surface area contributed by atoms with Crippen LogP contribution in [0.4, 0.5) is 8.78 Å². The van der Waals surface area contributed by atoms with Gasteiger partial charge in [-0.3, -0.25) is 9.36 Å². The fourth-order valence-corrected chi connectivity index (χ4v) is 2.15. The van der Waals surface area contributed by atoms with Crippen LogP contribution in [0.1, 0.15) is 12.4 Å². The van der Waals surface area contributed by atoms with Gasteiger partial charge in [-0.25, -0.2) is 4.98 Å². The van der Waals surface area contributed by atoms with Gasteiger partial charge in [0.15, 0.2) is 6.61 Å². The van der Waals surface area contributed by atoms with Gasteiger partial charge in [0.25, 0.3) is 5.91 Å². The van der Waals surface area contributed by atoms with Gasteiger partial charge >= 0.3 is 6.55 Å². The highest BCUT2D eigenvalue weighted by molar-refractivity contribution is 6.34. The van der Waals surface area contributed by atoms with Gasteiger partial charge in [-0.2, -0.15) is 8.78 Å². The third-order valence-electron chi connectivity index (χ3n) is 2.88. The zero-order valence-corrected chi connectivity index (χ0v) is 13.3. The molecule has 0 saturated heterocycles. The highest BCUT2D eigenvalue weighted by Gasteiger charge is 2.11. The van der Waals surface area contributed by atoms with E-state index in [2.05, 4.69) is 10.3 Å². The summed E-state index contributed by atoms with van der Waals surface area (Å²) in [5, 5.41) is 3.32. The molecule has 2 rings (SSSR count). The van der Waals surface area contributed by atoms with E-state index in [1.54, 1.807) is 12.1 Å². The first kappa shape index (κ1) is 17.5. The van der Waals surface area contributed by atoms with Gasteiger partial charge in [-0.1, -0.05) is 23.2 Å². The van der Waals surface area contributed by atoms with Crippen molar-refractivity contribution in [2.75, 3.05) is 13.2 Å². The van der Waals surface area contributed by atoms with Gasteiger partial charge in [0.2, 0.25) is 0 Å². The van der Waals surface area contributed by atoms with Crippen molar-refractivity contribution in [3.8, 4) is 5.75 Å². The van der Waals surface area contributed by atoms with Crippen LogP contribution >= 0.6 is 23.2 Å². The molecule has 5 nitrogen and oxygen atoms in total. The summed E-state index contributed by atoms with van der Waals surface area (Å²) in [6.07, 6.45) is 2.65. The SMILES string of the molecule is O=C(COc1cc(Cl)ccc1Cl)NCCc1nccn1C(F)F. The second-order valence-corrected chi connectivity index (χ2v) is 5.34. The van der Waals surface area contributed by atoms with Crippen molar-refractivity contribution in [1.29, 1.82) is 0 Å². The number of hydrogen-bond acceptors (Lipinski definition) is 3. The highest BCUT2D eigenvalue weighted by Crippen LogP contribution is 2.27. The van der Waals surface area contributed by atoms with Crippen LogP contribution in [0.5, 0.6) is 5.75 Å². The van der Waals surface area contributed by atoms with Gasteiger partial charge < -0.3 is 10.1 Å². The zero-order valence-electron chi connectivity index (χ0n) is 11.8. The number of hydrogen-bond donors (Lipinski definition) is 1. The molecule has 23 heavy (non-hydrogen) atoms. The summed E-state index contributed by atoms with van der Waals surface area (Å²) in [7, 11) is 0. The van der Waals surface area contributed by atoms with E-state index < -0.39 is 12.5 Å². The zero-order chi connectivity index (χ0) is 16.8. The minimum Gasteiger partial charge on any atom is -0.482 e. The van der Waals surface area contributed by atoms with Crippen LogP contribution in [0.2, 0.25) is 10.0 Å². The lowest BCUT2D eigenvalue weighted by atomic mass is 10.3. The summed E-state index contributed by atoms with van der Waals surface area (Å²) in [4.78, 5) is 15.5. The Hall–Kier alpha value is -1.86. The maximum Gasteiger partial charge on any atom is 0.319 e. The quantitative estimate of drug-likeness (QED) is 0.820. The van der Waals surface area contributed by atoms with Crippen molar-refractivity contribution in [2.45, 2.75) is 13.0 Å². The molecule has 2 aromatic rings. The van der Waals surface area contributed by atoms with E-state index in [0.29, 0.717) is 15.8 Å².